The molecule has 0 bridgehead atoms. The standard InChI is InChI=1S/C17H28N2O/c1-12-4-5-13(2)19(10-12)11-17-8-15(14(3)20-17)9-18-16-6-7-16/h8,12-13,16,18H,4-7,9-11H2,1-3H3. The van der Waals surface area contributed by atoms with E-state index < -0.39 is 0 Å². The summed E-state index contributed by atoms with van der Waals surface area (Å²) in [6, 6.07) is 3.71. The van der Waals surface area contributed by atoms with Crippen LogP contribution in [0.5, 0.6) is 0 Å². The monoisotopic (exact) mass is 276 g/mol. The first-order chi connectivity index (χ1) is 9.61. The van der Waals surface area contributed by atoms with Gasteiger partial charge < -0.3 is 9.73 Å². The summed E-state index contributed by atoms with van der Waals surface area (Å²) in [4.78, 5) is 2.57. The molecule has 2 unspecified atom stereocenters. The maximum Gasteiger partial charge on any atom is 0.118 e. The van der Waals surface area contributed by atoms with Gasteiger partial charge in [0.1, 0.15) is 11.5 Å². The predicted octanol–water partition coefficient (Wildman–Crippen LogP) is 3.46. The Bertz CT molecular complexity index is 450. The summed E-state index contributed by atoms with van der Waals surface area (Å²) in [5.41, 5.74) is 1.34. The number of nitrogens with zero attached hydrogens (tertiary/aromatic N) is 1. The Morgan fingerprint density at radius 3 is 2.80 bits per heavy atom. The molecule has 1 aliphatic heterocycles. The molecule has 1 saturated carbocycles. The van der Waals surface area contributed by atoms with Crippen molar-refractivity contribution in [2.75, 3.05) is 6.54 Å². The van der Waals surface area contributed by atoms with Gasteiger partial charge >= 0.3 is 0 Å². The maximum atomic E-state index is 5.97. The van der Waals surface area contributed by atoms with E-state index in [0.29, 0.717) is 6.04 Å². The minimum atomic E-state index is 0.685. The highest BCUT2D eigenvalue weighted by Gasteiger charge is 2.24. The average Bonchev–Trinajstić information content (AvgIpc) is 3.16. The second-order valence-electron chi connectivity index (χ2n) is 6.91. The molecule has 3 rings (SSSR count). The van der Waals surface area contributed by atoms with Gasteiger partial charge in [0.15, 0.2) is 0 Å². The van der Waals surface area contributed by atoms with Gasteiger partial charge in [-0.1, -0.05) is 6.92 Å². The second kappa shape index (κ2) is 5.90. The van der Waals surface area contributed by atoms with Crippen molar-refractivity contribution >= 4 is 0 Å². The van der Waals surface area contributed by atoms with Crippen LogP contribution < -0.4 is 5.32 Å². The van der Waals surface area contributed by atoms with E-state index in [1.165, 1.54) is 37.8 Å². The molecule has 1 saturated heterocycles. The summed E-state index contributed by atoms with van der Waals surface area (Å²) >= 11 is 0. The lowest BCUT2D eigenvalue weighted by Crippen LogP contribution is -2.40. The van der Waals surface area contributed by atoms with E-state index in [2.05, 4.69) is 37.1 Å². The maximum absolute atomic E-state index is 5.97. The van der Waals surface area contributed by atoms with Crippen molar-refractivity contribution < 1.29 is 4.42 Å². The Labute approximate surface area is 122 Å². The van der Waals surface area contributed by atoms with E-state index in [4.69, 9.17) is 4.42 Å². The van der Waals surface area contributed by atoms with Gasteiger partial charge in [-0.2, -0.15) is 0 Å². The number of piperidine rings is 1. The fourth-order valence-electron chi connectivity index (χ4n) is 3.18. The van der Waals surface area contributed by atoms with Crippen LogP contribution in [-0.4, -0.2) is 23.5 Å². The highest BCUT2D eigenvalue weighted by molar-refractivity contribution is 5.21. The van der Waals surface area contributed by atoms with Crippen molar-refractivity contribution in [3.63, 3.8) is 0 Å². The zero-order valence-electron chi connectivity index (χ0n) is 13.1. The van der Waals surface area contributed by atoms with Crippen LogP contribution >= 0.6 is 0 Å². The Kier molecular flexibility index (Phi) is 4.18. The normalized spacial score (nSPS) is 27.9. The van der Waals surface area contributed by atoms with E-state index in [-0.39, 0.29) is 0 Å². The number of likely N-dealkylation sites (tertiary alicyclic amines) is 1. The number of aryl methyl sites for hydroxylation is 1. The molecule has 2 fully saturated rings. The van der Waals surface area contributed by atoms with Gasteiger partial charge in [-0.25, -0.2) is 0 Å². The summed E-state index contributed by atoms with van der Waals surface area (Å²) in [6.45, 7) is 9.93. The van der Waals surface area contributed by atoms with Crippen molar-refractivity contribution in [2.24, 2.45) is 5.92 Å². The molecular formula is C17H28N2O. The van der Waals surface area contributed by atoms with Crippen LogP contribution in [0, 0.1) is 12.8 Å². The van der Waals surface area contributed by atoms with Crippen molar-refractivity contribution in [3.8, 4) is 0 Å². The first-order valence-corrected chi connectivity index (χ1v) is 8.17. The summed E-state index contributed by atoms with van der Waals surface area (Å²) < 4.78 is 5.97. The lowest BCUT2D eigenvalue weighted by Gasteiger charge is -2.36. The minimum Gasteiger partial charge on any atom is -0.465 e. The van der Waals surface area contributed by atoms with E-state index in [1.54, 1.807) is 0 Å². The summed E-state index contributed by atoms with van der Waals surface area (Å²) in [7, 11) is 0. The van der Waals surface area contributed by atoms with Crippen LogP contribution in [-0.2, 0) is 13.1 Å². The summed E-state index contributed by atoms with van der Waals surface area (Å²) in [6.07, 6.45) is 5.36. The molecule has 20 heavy (non-hydrogen) atoms. The third kappa shape index (κ3) is 3.44. The average molecular weight is 276 g/mol. The quantitative estimate of drug-likeness (QED) is 0.892. The third-order valence-corrected chi connectivity index (χ3v) is 4.84. The smallest absolute Gasteiger partial charge is 0.118 e. The van der Waals surface area contributed by atoms with E-state index in [9.17, 15) is 0 Å². The second-order valence-corrected chi connectivity index (χ2v) is 6.91. The number of rotatable bonds is 5. The highest BCUT2D eigenvalue weighted by Crippen LogP contribution is 2.25. The topological polar surface area (TPSA) is 28.4 Å². The highest BCUT2D eigenvalue weighted by atomic mass is 16.3. The third-order valence-electron chi connectivity index (χ3n) is 4.84. The van der Waals surface area contributed by atoms with Crippen molar-refractivity contribution in [1.29, 1.82) is 0 Å². The van der Waals surface area contributed by atoms with Crippen LogP contribution in [0.3, 0.4) is 0 Å². The summed E-state index contributed by atoms with van der Waals surface area (Å²) in [5.74, 6) is 3.04. The molecule has 3 nitrogen and oxygen atoms in total. The first-order valence-electron chi connectivity index (χ1n) is 8.17. The van der Waals surface area contributed by atoms with Gasteiger partial charge in [0.25, 0.3) is 0 Å². The fourth-order valence-corrected chi connectivity index (χ4v) is 3.18. The van der Waals surface area contributed by atoms with Crippen LogP contribution in [0.2, 0.25) is 0 Å². The minimum absolute atomic E-state index is 0.685. The van der Waals surface area contributed by atoms with Crippen LogP contribution in [0.25, 0.3) is 0 Å². The molecule has 2 atom stereocenters. The number of furan rings is 1. The fraction of sp³-hybridized carbons (Fsp3) is 0.765. The molecule has 0 radical (unpaired) electrons. The van der Waals surface area contributed by atoms with Crippen molar-refractivity contribution in [2.45, 2.75) is 71.6 Å². The molecule has 3 heteroatoms. The SMILES string of the molecule is Cc1oc(CN2CC(C)CCC2C)cc1CNC1CC1. The molecule has 1 aromatic rings. The summed E-state index contributed by atoms with van der Waals surface area (Å²) in [5, 5.41) is 3.57. The molecule has 1 N–H and O–H groups in total. The van der Waals surface area contributed by atoms with Gasteiger partial charge in [0, 0.05) is 30.7 Å². The molecule has 1 aromatic heterocycles. The molecule has 0 spiro atoms. The lowest BCUT2D eigenvalue weighted by atomic mass is 9.95. The molecule has 112 valence electrons. The molecule has 1 aliphatic carbocycles. The van der Waals surface area contributed by atoms with E-state index >= 15 is 0 Å². The Balaban J connectivity index is 1.59. The van der Waals surface area contributed by atoms with E-state index in [1.807, 2.05) is 0 Å². The molecule has 2 aliphatic rings. The van der Waals surface area contributed by atoms with Crippen LogP contribution in [0.4, 0.5) is 0 Å². The number of hydrogen-bond acceptors (Lipinski definition) is 3. The number of nitrogens with one attached hydrogen (secondary N) is 1. The molecule has 2 heterocycles. The van der Waals surface area contributed by atoms with Gasteiger partial charge in [0.2, 0.25) is 0 Å². The van der Waals surface area contributed by atoms with Gasteiger partial charge in [-0.3, -0.25) is 4.90 Å². The molecule has 0 aromatic carbocycles. The predicted molar refractivity (Wildman–Crippen MR) is 81.6 cm³/mol. The van der Waals surface area contributed by atoms with E-state index in [0.717, 1.165) is 36.6 Å². The van der Waals surface area contributed by atoms with Crippen molar-refractivity contribution in [3.05, 3.63) is 23.2 Å². The van der Waals surface area contributed by atoms with Crippen molar-refractivity contribution in [1.82, 2.24) is 10.2 Å². The Morgan fingerprint density at radius 2 is 2.05 bits per heavy atom. The molecule has 0 amide bonds. The van der Waals surface area contributed by atoms with Crippen LogP contribution in [0.15, 0.2) is 10.5 Å². The van der Waals surface area contributed by atoms with Crippen LogP contribution in [0.1, 0.15) is 56.6 Å². The Morgan fingerprint density at radius 1 is 1.25 bits per heavy atom. The Hall–Kier alpha value is -0.800. The largest absolute Gasteiger partial charge is 0.465 e. The molecular weight excluding hydrogens is 248 g/mol. The zero-order chi connectivity index (χ0) is 14.1. The van der Waals surface area contributed by atoms with Gasteiger partial charge in [0.05, 0.1) is 6.54 Å². The van der Waals surface area contributed by atoms with Gasteiger partial charge in [-0.05, 0) is 51.5 Å². The van der Waals surface area contributed by atoms with Gasteiger partial charge in [-0.15, -0.1) is 0 Å². The zero-order valence-corrected chi connectivity index (χ0v) is 13.1. The first kappa shape index (κ1) is 14.2. The lowest BCUT2D eigenvalue weighted by molar-refractivity contribution is 0.108. The number of hydrogen-bond donors (Lipinski definition) is 1.